The highest BCUT2D eigenvalue weighted by molar-refractivity contribution is 7.98. The van der Waals surface area contributed by atoms with Crippen molar-refractivity contribution >= 4 is 53.2 Å². The number of thioether (sulfide) groups is 2. The van der Waals surface area contributed by atoms with E-state index in [0.717, 1.165) is 0 Å². The van der Waals surface area contributed by atoms with Gasteiger partial charge in [-0.05, 0) is 36.9 Å². The SMILES string of the molecule is CSCCC(N)C(=O)NC(CC(=O)O)C(=O)NC(CCSC)C(=O)NC(CO)C(=O)O. The molecule has 4 unspecified atom stereocenters. The predicted molar refractivity (Wildman–Crippen MR) is 117 cm³/mol. The number of nitrogens with one attached hydrogen (secondary N) is 3. The highest BCUT2D eigenvalue weighted by Gasteiger charge is 2.31. The third-order valence-corrected chi connectivity index (χ3v) is 5.31. The molecule has 4 atom stereocenters. The summed E-state index contributed by atoms with van der Waals surface area (Å²) < 4.78 is 0. The molecule has 0 aliphatic rings. The summed E-state index contributed by atoms with van der Waals surface area (Å²) in [4.78, 5) is 59.4. The summed E-state index contributed by atoms with van der Waals surface area (Å²) in [7, 11) is 0. The molecule has 0 bridgehead atoms. The van der Waals surface area contributed by atoms with Crippen molar-refractivity contribution in [2.45, 2.75) is 43.4 Å². The number of carbonyl (C=O) groups excluding carboxylic acids is 3. The normalized spacial score (nSPS) is 14.6. The zero-order valence-corrected chi connectivity index (χ0v) is 19.0. The number of rotatable bonds is 16. The number of hydrogen-bond acceptors (Lipinski definition) is 9. The van der Waals surface area contributed by atoms with E-state index in [-0.39, 0.29) is 6.42 Å². The Morgan fingerprint density at radius 3 is 1.77 bits per heavy atom. The van der Waals surface area contributed by atoms with Gasteiger partial charge < -0.3 is 37.0 Å². The van der Waals surface area contributed by atoms with Gasteiger partial charge in [-0.25, -0.2) is 4.79 Å². The van der Waals surface area contributed by atoms with E-state index in [9.17, 15) is 24.0 Å². The molecule has 31 heavy (non-hydrogen) atoms. The molecule has 0 aromatic heterocycles. The minimum absolute atomic E-state index is 0.109. The van der Waals surface area contributed by atoms with Gasteiger partial charge >= 0.3 is 11.9 Å². The van der Waals surface area contributed by atoms with Crippen molar-refractivity contribution in [2.24, 2.45) is 5.73 Å². The topological polar surface area (TPSA) is 208 Å². The number of amides is 3. The van der Waals surface area contributed by atoms with Crippen molar-refractivity contribution in [1.82, 2.24) is 16.0 Å². The molecular formula is C17H30N4O8S2. The highest BCUT2D eigenvalue weighted by Crippen LogP contribution is 2.05. The molecule has 0 heterocycles. The number of nitrogens with two attached hydrogens (primary N) is 1. The second-order valence-electron chi connectivity index (χ2n) is 6.47. The number of aliphatic hydroxyl groups is 1. The maximum Gasteiger partial charge on any atom is 0.328 e. The number of carbonyl (C=O) groups is 5. The van der Waals surface area contributed by atoms with E-state index in [1.54, 1.807) is 6.26 Å². The van der Waals surface area contributed by atoms with Crippen LogP contribution in [0.4, 0.5) is 0 Å². The Balaban J connectivity index is 5.33. The van der Waals surface area contributed by atoms with Gasteiger partial charge in [0.25, 0.3) is 0 Å². The molecule has 178 valence electrons. The zero-order chi connectivity index (χ0) is 24.0. The van der Waals surface area contributed by atoms with Crippen LogP contribution >= 0.6 is 23.5 Å². The molecule has 14 heteroatoms. The molecule has 12 nitrogen and oxygen atoms in total. The first-order valence-electron chi connectivity index (χ1n) is 9.27. The maximum absolute atomic E-state index is 12.6. The number of aliphatic hydroxyl groups excluding tert-OH is 1. The third kappa shape index (κ3) is 11.8. The fourth-order valence-corrected chi connectivity index (χ4v) is 3.23. The molecule has 8 N–H and O–H groups in total. The van der Waals surface area contributed by atoms with Gasteiger partial charge in [0.1, 0.15) is 18.1 Å². The Morgan fingerprint density at radius 2 is 1.29 bits per heavy atom. The fraction of sp³-hybridized carbons (Fsp3) is 0.706. The van der Waals surface area contributed by atoms with E-state index in [2.05, 4.69) is 16.0 Å². The molecule has 0 aromatic rings. The van der Waals surface area contributed by atoms with E-state index in [1.807, 2.05) is 6.26 Å². The van der Waals surface area contributed by atoms with Crippen LogP contribution in [0.25, 0.3) is 0 Å². The van der Waals surface area contributed by atoms with E-state index in [4.69, 9.17) is 21.1 Å². The Morgan fingerprint density at radius 1 is 0.806 bits per heavy atom. The first-order chi connectivity index (χ1) is 14.6. The number of carboxylic acid groups (broad SMARTS) is 2. The van der Waals surface area contributed by atoms with Gasteiger partial charge in [-0.15, -0.1) is 0 Å². The van der Waals surface area contributed by atoms with Gasteiger partial charge in [0.2, 0.25) is 17.7 Å². The molecule has 0 aliphatic heterocycles. The predicted octanol–water partition coefficient (Wildman–Crippen LogP) is -2.17. The van der Waals surface area contributed by atoms with E-state index in [1.165, 1.54) is 23.5 Å². The lowest BCUT2D eigenvalue weighted by molar-refractivity contribution is -0.144. The molecule has 0 radical (unpaired) electrons. The lowest BCUT2D eigenvalue weighted by Gasteiger charge is -2.24. The highest BCUT2D eigenvalue weighted by atomic mass is 32.2. The average Bonchev–Trinajstić information content (AvgIpc) is 2.71. The quantitative estimate of drug-likeness (QED) is 0.126. The largest absolute Gasteiger partial charge is 0.481 e. The summed E-state index contributed by atoms with van der Waals surface area (Å²) in [5.74, 6) is -4.28. The summed E-state index contributed by atoms with van der Waals surface area (Å²) in [6.45, 7) is -0.851. The number of carboxylic acids is 2. The molecule has 3 amide bonds. The Hall–Kier alpha value is -2.03. The van der Waals surface area contributed by atoms with Crippen molar-refractivity contribution in [3.8, 4) is 0 Å². The van der Waals surface area contributed by atoms with E-state index >= 15 is 0 Å². The van der Waals surface area contributed by atoms with Crippen LogP contribution in [-0.4, -0.2) is 99.8 Å². The lowest BCUT2D eigenvalue weighted by atomic mass is 10.1. The number of aliphatic carboxylic acids is 2. The van der Waals surface area contributed by atoms with Crippen molar-refractivity contribution in [2.75, 3.05) is 30.6 Å². The van der Waals surface area contributed by atoms with Gasteiger partial charge in [0.05, 0.1) is 19.1 Å². The second-order valence-corrected chi connectivity index (χ2v) is 8.44. The van der Waals surface area contributed by atoms with Crippen molar-refractivity contribution in [1.29, 1.82) is 0 Å². The van der Waals surface area contributed by atoms with Crippen LogP contribution in [0, 0.1) is 0 Å². The van der Waals surface area contributed by atoms with Crippen LogP contribution in [0.3, 0.4) is 0 Å². The van der Waals surface area contributed by atoms with Crippen LogP contribution in [0.2, 0.25) is 0 Å². The molecule has 0 aromatic carbocycles. The Kier molecular flexibility index (Phi) is 14.7. The molecule has 0 rings (SSSR count). The summed E-state index contributed by atoms with van der Waals surface area (Å²) in [6.07, 6.45) is 3.28. The summed E-state index contributed by atoms with van der Waals surface area (Å²) in [5, 5.41) is 33.9. The van der Waals surface area contributed by atoms with E-state index < -0.39 is 66.9 Å². The average molecular weight is 483 g/mol. The summed E-state index contributed by atoms with van der Waals surface area (Å²) >= 11 is 2.84. The van der Waals surface area contributed by atoms with Gasteiger partial charge in [-0.3, -0.25) is 19.2 Å². The van der Waals surface area contributed by atoms with Gasteiger partial charge in [-0.2, -0.15) is 23.5 Å². The van der Waals surface area contributed by atoms with Crippen LogP contribution in [0.5, 0.6) is 0 Å². The summed E-state index contributed by atoms with van der Waals surface area (Å²) in [5.41, 5.74) is 5.75. The Bertz CT molecular complexity index is 637. The fourth-order valence-electron chi connectivity index (χ4n) is 2.27. The van der Waals surface area contributed by atoms with Crippen LogP contribution in [-0.2, 0) is 24.0 Å². The first-order valence-corrected chi connectivity index (χ1v) is 12.1. The molecule has 0 aliphatic carbocycles. The van der Waals surface area contributed by atoms with Gasteiger partial charge in [0.15, 0.2) is 0 Å². The van der Waals surface area contributed by atoms with Crippen LogP contribution in [0.1, 0.15) is 19.3 Å². The van der Waals surface area contributed by atoms with Gasteiger partial charge in [-0.1, -0.05) is 0 Å². The van der Waals surface area contributed by atoms with Crippen LogP contribution in [0.15, 0.2) is 0 Å². The smallest absolute Gasteiger partial charge is 0.328 e. The third-order valence-electron chi connectivity index (χ3n) is 4.02. The van der Waals surface area contributed by atoms with Crippen molar-refractivity contribution < 1.29 is 39.3 Å². The summed E-state index contributed by atoms with van der Waals surface area (Å²) in [6, 6.07) is -5.19. The first kappa shape index (κ1) is 29.0. The molecule has 0 spiro atoms. The van der Waals surface area contributed by atoms with Gasteiger partial charge in [0, 0.05) is 0 Å². The van der Waals surface area contributed by atoms with Crippen molar-refractivity contribution in [3.63, 3.8) is 0 Å². The monoisotopic (exact) mass is 482 g/mol. The minimum Gasteiger partial charge on any atom is -0.481 e. The Labute approximate surface area is 188 Å². The van der Waals surface area contributed by atoms with Crippen molar-refractivity contribution in [3.05, 3.63) is 0 Å². The standard InChI is InChI=1S/C17H30N4O8S2/c1-30-5-3-9(18)14(25)20-11(7-13(23)24)16(27)19-10(4-6-31-2)15(26)21-12(8-22)17(28)29/h9-12,22H,3-8,18H2,1-2H3,(H,19,27)(H,20,25)(H,21,26)(H,23,24)(H,28,29). The van der Waals surface area contributed by atoms with E-state index in [0.29, 0.717) is 17.9 Å². The second kappa shape index (κ2) is 15.7. The maximum atomic E-state index is 12.6. The molecule has 0 saturated heterocycles. The zero-order valence-electron chi connectivity index (χ0n) is 17.3. The van der Waals surface area contributed by atoms with Crippen LogP contribution < -0.4 is 21.7 Å². The molecule has 0 fully saturated rings. The molecule has 0 saturated carbocycles. The lowest BCUT2D eigenvalue weighted by Crippen LogP contribution is -2.58. The number of hydrogen-bond donors (Lipinski definition) is 7. The minimum atomic E-state index is -1.56. The molecular weight excluding hydrogens is 452 g/mol.